The molecule has 0 saturated heterocycles. The van der Waals surface area contributed by atoms with Gasteiger partial charge in [0.25, 0.3) is 5.91 Å². The van der Waals surface area contributed by atoms with Crippen LogP contribution in [0.1, 0.15) is 11.1 Å². The van der Waals surface area contributed by atoms with Gasteiger partial charge < -0.3 is 19.6 Å². The fraction of sp³-hybridized carbons (Fsp3) is 0.222. The third-order valence-electron chi connectivity index (χ3n) is 3.28. The van der Waals surface area contributed by atoms with Crippen LogP contribution in [0.25, 0.3) is 0 Å². The van der Waals surface area contributed by atoms with Gasteiger partial charge in [-0.2, -0.15) is 8.78 Å². The van der Waals surface area contributed by atoms with Crippen LogP contribution in [0.3, 0.4) is 0 Å². The predicted molar refractivity (Wildman–Crippen MR) is 96.5 cm³/mol. The minimum atomic E-state index is -2.95. The highest BCUT2D eigenvalue weighted by Gasteiger charge is 2.10. The van der Waals surface area contributed by atoms with Crippen molar-refractivity contribution in [2.75, 3.05) is 13.7 Å². The largest absolute Gasteiger partial charge is 0.493 e. The smallest absolute Gasteiger partial charge is 0.387 e. The van der Waals surface area contributed by atoms with Crippen molar-refractivity contribution in [3.05, 3.63) is 58.6 Å². The Hall–Kier alpha value is -2.87. The molecule has 1 amide bonds. The molecular weight excluding hydrogens is 382 g/mol. The highest BCUT2D eigenvalue weighted by atomic mass is 35.5. The number of hydrogen-bond acceptors (Lipinski definition) is 5. The second-order valence-corrected chi connectivity index (χ2v) is 5.64. The lowest BCUT2D eigenvalue weighted by molar-refractivity contribution is -0.125. The monoisotopic (exact) mass is 398 g/mol. The lowest BCUT2D eigenvalue weighted by atomic mass is 10.2. The van der Waals surface area contributed by atoms with Gasteiger partial charge in [-0.1, -0.05) is 28.9 Å². The van der Waals surface area contributed by atoms with Crippen LogP contribution in [0.5, 0.6) is 11.5 Å². The van der Waals surface area contributed by atoms with Gasteiger partial charge in [0.05, 0.1) is 13.3 Å². The summed E-state index contributed by atoms with van der Waals surface area (Å²) in [6.45, 7) is -2.88. The maximum atomic E-state index is 12.3. The molecule has 2 rings (SSSR count). The summed E-state index contributed by atoms with van der Waals surface area (Å²) < 4.78 is 33.9. The van der Waals surface area contributed by atoms with E-state index in [4.69, 9.17) is 21.2 Å². The highest BCUT2D eigenvalue weighted by molar-refractivity contribution is 6.30. The summed E-state index contributed by atoms with van der Waals surface area (Å²) in [5.74, 6) is -0.313. The summed E-state index contributed by atoms with van der Waals surface area (Å²) in [4.78, 5) is 16.6. The molecule has 0 aliphatic rings. The van der Waals surface area contributed by atoms with E-state index in [1.807, 2.05) is 0 Å². The zero-order chi connectivity index (χ0) is 19.6. The van der Waals surface area contributed by atoms with E-state index >= 15 is 0 Å². The van der Waals surface area contributed by atoms with Gasteiger partial charge in [0, 0.05) is 17.1 Å². The van der Waals surface area contributed by atoms with Crippen LogP contribution in [-0.4, -0.2) is 32.4 Å². The van der Waals surface area contributed by atoms with Gasteiger partial charge in [0.1, 0.15) is 0 Å². The van der Waals surface area contributed by atoms with Gasteiger partial charge in [-0.3, -0.25) is 4.79 Å². The quantitative estimate of drug-likeness (QED) is 0.517. The first-order valence-electron chi connectivity index (χ1n) is 7.77. The molecule has 2 aromatic rings. The van der Waals surface area contributed by atoms with Gasteiger partial charge in [-0.05, 0) is 35.9 Å². The number of hydrogen-bond donors (Lipinski definition) is 1. The Bertz CT molecular complexity index is 785. The Morgan fingerprint density at radius 1 is 1.22 bits per heavy atom. The second kappa shape index (κ2) is 10.3. The third-order valence-corrected chi connectivity index (χ3v) is 3.53. The lowest BCUT2D eigenvalue weighted by Crippen LogP contribution is -2.26. The Balaban J connectivity index is 1.79. The molecule has 0 spiro atoms. The number of rotatable bonds is 9. The summed E-state index contributed by atoms with van der Waals surface area (Å²) in [6.07, 6.45) is 1.32. The highest BCUT2D eigenvalue weighted by Crippen LogP contribution is 2.28. The maximum absolute atomic E-state index is 12.3. The lowest BCUT2D eigenvalue weighted by Gasteiger charge is -2.09. The SMILES string of the molecule is COc1cc(/C=N/OCC(=O)NCc2ccc(Cl)cc2)ccc1OC(F)F. The van der Waals surface area contributed by atoms with Gasteiger partial charge in [0.15, 0.2) is 18.1 Å². The Kier molecular flexibility index (Phi) is 7.81. The molecule has 0 atom stereocenters. The number of ether oxygens (including phenoxy) is 2. The van der Waals surface area contributed by atoms with E-state index in [0.29, 0.717) is 17.1 Å². The molecule has 0 aromatic heterocycles. The van der Waals surface area contributed by atoms with Gasteiger partial charge >= 0.3 is 6.61 Å². The van der Waals surface area contributed by atoms with Gasteiger partial charge in [-0.25, -0.2) is 0 Å². The van der Waals surface area contributed by atoms with Crippen molar-refractivity contribution in [1.29, 1.82) is 0 Å². The Morgan fingerprint density at radius 3 is 2.63 bits per heavy atom. The van der Waals surface area contributed by atoms with E-state index in [2.05, 4.69) is 15.2 Å². The molecule has 9 heteroatoms. The van der Waals surface area contributed by atoms with Crippen molar-refractivity contribution < 1.29 is 27.9 Å². The molecule has 0 unspecified atom stereocenters. The normalized spacial score (nSPS) is 10.9. The topological polar surface area (TPSA) is 69.2 Å². The molecule has 0 saturated carbocycles. The molecule has 1 N–H and O–H groups in total. The summed E-state index contributed by atoms with van der Waals surface area (Å²) in [5.41, 5.74) is 1.42. The molecule has 0 radical (unpaired) electrons. The Labute approximate surface area is 159 Å². The molecular formula is C18H17ClF2N2O4. The number of methoxy groups -OCH3 is 1. The molecule has 27 heavy (non-hydrogen) atoms. The molecule has 0 aliphatic heterocycles. The minimum absolute atomic E-state index is 0.0906. The molecule has 0 fully saturated rings. The zero-order valence-electron chi connectivity index (χ0n) is 14.3. The molecule has 0 bridgehead atoms. The van der Waals surface area contributed by atoms with Crippen LogP contribution in [0.4, 0.5) is 8.78 Å². The summed E-state index contributed by atoms with van der Waals surface area (Å²) in [6, 6.07) is 11.3. The van der Waals surface area contributed by atoms with E-state index in [0.717, 1.165) is 5.56 Å². The number of amides is 1. The number of carbonyl (C=O) groups excluding carboxylic acids is 1. The number of benzene rings is 2. The van der Waals surface area contributed by atoms with Crippen molar-refractivity contribution in [2.45, 2.75) is 13.2 Å². The van der Waals surface area contributed by atoms with Crippen LogP contribution in [0.2, 0.25) is 5.02 Å². The number of nitrogens with zero attached hydrogens (tertiary/aromatic N) is 1. The van der Waals surface area contributed by atoms with E-state index in [1.165, 1.54) is 31.5 Å². The summed E-state index contributed by atoms with van der Waals surface area (Å²) >= 11 is 5.79. The molecule has 0 aliphatic carbocycles. The standard InChI is InChI=1S/C18H17ClF2N2O4/c1-25-16-8-13(4-7-15(16)27-18(20)21)10-23-26-11-17(24)22-9-12-2-5-14(19)6-3-12/h2-8,10,18H,9,11H2,1H3,(H,22,24)/b23-10+. The van der Waals surface area contributed by atoms with E-state index in [1.54, 1.807) is 24.3 Å². The zero-order valence-corrected chi connectivity index (χ0v) is 15.1. The van der Waals surface area contributed by atoms with Gasteiger partial charge in [-0.15, -0.1) is 0 Å². The first-order valence-corrected chi connectivity index (χ1v) is 8.15. The average Bonchev–Trinajstić information content (AvgIpc) is 2.65. The minimum Gasteiger partial charge on any atom is -0.493 e. The number of alkyl halides is 2. The van der Waals surface area contributed by atoms with Crippen molar-refractivity contribution in [3.8, 4) is 11.5 Å². The predicted octanol–water partition coefficient (Wildman–Crippen LogP) is 3.62. The third kappa shape index (κ3) is 7.10. The first-order chi connectivity index (χ1) is 13.0. The van der Waals surface area contributed by atoms with Crippen molar-refractivity contribution in [1.82, 2.24) is 5.32 Å². The van der Waals surface area contributed by atoms with Gasteiger partial charge in [0.2, 0.25) is 0 Å². The summed E-state index contributed by atoms with van der Waals surface area (Å²) in [5, 5.41) is 6.96. The fourth-order valence-electron chi connectivity index (χ4n) is 2.01. The number of carbonyl (C=O) groups is 1. The number of oxime groups is 1. The van der Waals surface area contributed by atoms with E-state index < -0.39 is 6.61 Å². The van der Waals surface area contributed by atoms with Crippen molar-refractivity contribution >= 4 is 23.7 Å². The van der Waals surface area contributed by atoms with Crippen molar-refractivity contribution in [2.24, 2.45) is 5.16 Å². The first kappa shape index (κ1) is 20.4. The maximum Gasteiger partial charge on any atom is 0.387 e. The molecule has 144 valence electrons. The van der Waals surface area contributed by atoms with Crippen LogP contribution in [-0.2, 0) is 16.2 Å². The number of halogens is 3. The molecule has 0 heterocycles. The average molecular weight is 399 g/mol. The molecule has 2 aromatic carbocycles. The fourth-order valence-corrected chi connectivity index (χ4v) is 2.13. The number of nitrogens with one attached hydrogen (secondary N) is 1. The van der Waals surface area contributed by atoms with Crippen molar-refractivity contribution in [3.63, 3.8) is 0 Å². The van der Waals surface area contributed by atoms with Crippen LogP contribution >= 0.6 is 11.6 Å². The van der Waals surface area contributed by atoms with E-state index in [-0.39, 0.29) is 24.0 Å². The van der Waals surface area contributed by atoms with Crippen LogP contribution in [0, 0.1) is 0 Å². The molecule has 6 nitrogen and oxygen atoms in total. The Morgan fingerprint density at radius 2 is 1.96 bits per heavy atom. The second-order valence-electron chi connectivity index (χ2n) is 5.20. The van der Waals surface area contributed by atoms with Crippen LogP contribution < -0.4 is 14.8 Å². The summed E-state index contributed by atoms with van der Waals surface area (Å²) in [7, 11) is 1.33. The van der Waals surface area contributed by atoms with E-state index in [9.17, 15) is 13.6 Å². The van der Waals surface area contributed by atoms with Crippen LogP contribution in [0.15, 0.2) is 47.6 Å².